The summed E-state index contributed by atoms with van der Waals surface area (Å²) in [6, 6.07) is 52.0. The Kier molecular flexibility index (Phi) is 6.72. The van der Waals surface area contributed by atoms with Gasteiger partial charge in [-0.1, -0.05) is 140 Å². The van der Waals surface area contributed by atoms with Crippen LogP contribution in [0.2, 0.25) is 0 Å². The van der Waals surface area contributed by atoms with Crippen molar-refractivity contribution in [1.29, 1.82) is 0 Å². The van der Waals surface area contributed by atoms with Crippen molar-refractivity contribution in [3.8, 4) is 56.5 Å². The predicted molar refractivity (Wildman–Crippen MR) is 195 cm³/mol. The molecule has 0 radical (unpaired) electrons. The number of rotatable bonds is 5. The second kappa shape index (κ2) is 11.6. The maximum Gasteiger partial charge on any atom is 0.178 e. The Morgan fingerprint density at radius 2 is 0.938 bits per heavy atom. The van der Waals surface area contributed by atoms with E-state index in [1.54, 1.807) is 0 Å². The number of benzene rings is 6. The van der Waals surface area contributed by atoms with Crippen molar-refractivity contribution >= 4 is 32.4 Å². The van der Waals surface area contributed by atoms with Crippen LogP contribution in [-0.2, 0) is 0 Å². The van der Waals surface area contributed by atoms with Crippen molar-refractivity contribution in [3.05, 3.63) is 164 Å². The highest BCUT2D eigenvalue weighted by molar-refractivity contribution is 6.22. The third kappa shape index (κ3) is 4.95. The maximum atomic E-state index is 5.07. The molecule has 3 aromatic heterocycles. The summed E-state index contributed by atoms with van der Waals surface area (Å²) < 4.78 is 0. The van der Waals surface area contributed by atoms with Crippen LogP contribution >= 0.6 is 0 Å². The summed E-state index contributed by atoms with van der Waals surface area (Å²) in [7, 11) is 0. The summed E-state index contributed by atoms with van der Waals surface area (Å²) in [6.07, 6.45) is 3.68. The van der Waals surface area contributed by atoms with Crippen LogP contribution in [0.1, 0.15) is 0 Å². The summed E-state index contributed by atoms with van der Waals surface area (Å²) in [6.45, 7) is 0. The SMILES string of the molecule is c1ccc(-c2ccc(-c3cc(-c4cnc(-c5nc6ccccc6c6c5ccc5ccccc56)nc4)nc(-c4ccccc4)n3)cc2)cc1. The molecule has 48 heavy (non-hydrogen) atoms. The van der Waals surface area contributed by atoms with Crippen molar-refractivity contribution in [1.82, 2.24) is 24.9 Å². The van der Waals surface area contributed by atoms with Crippen LogP contribution in [0.5, 0.6) is 0 Å². The molecule has 0 saturated carbocycles. The van der Waals surface area contributed by atoms with E-state index < -0.39 is 0 Å². The lowest BCUT2D eigenvalue weighted by atomic mass is 9.97. The lowest BCUT2D eigenvalue weighted by Gasteiger charge is -2.12. The highest BCUT2D eigenvalue weighted by atomic mass is 14.9. The number of para-hydroxylation sites is 1. The molecule has 3 heterocycles. The molecule has 0 saturated heterocycles. The Hall–Kier alpha value is -6.59. The van der Waals surface area contributed by atoms with Gasteiger partial charge in [0.2, 0.25) is 0 Å². The molecular weight excluding hydrogens is 587 g/mol. The Labute approximate surface area is 277 Å². The predicted octanol–water partition coefficient (Wildman–Crippen LogP) is 10.5. The molecule has 0 aliphatic heterocycles. The van der Waals surface area contributed by atoms with E-state index in [0.29, 0.717) is 11.6 Å². The molecule has 5 heteroatoms. The number of aromatic nitrogens is 5. The number of nitrogens with zero attached hydrogens (tertiary/aromatic N) is 5. The van der Waals surface area contributed by atoms with Crippen molar-refractivity contribution in [3.63, 3.8) is 0 Å². The molecule has 9 rings (SSSR count). The molecule has 9 aromatic rings. The van der Waals surface area contributed by atoms with Crippen molar-refractivity contribution in [2.45, 2.75) is 0 Å². The molecule has 0 amide bonds. The largest absolute Gasteiger partial charge is 0.244 e. The molecule has 0 fully saturated rings. The Balaban J connectivity index is 1.15. The molecule has 0 unspecified atom stereocenters. The molecule has 0 bridgehead atoms. The number of hydrogen-bond acceptors (Lipinski definition) is 5. The monoisotopic (exact) mass is 613 g/mol. The fourth-order valence-corrected chi connectivity index (χ4v) is 6.40. The second-order valence-electron chi connectivity index (χ2n) is 11.8. The van der Waals surface area contributed by atoms with Gasteiger partial charge in [0.05, 0.1) is 16.9 Å². The van der Waals surface area contributed by atoms with Gasteiger partial charge >= 0.3 is 0 Å². The Bertz CT molecular complexity index is 2570. The third-order valence-corrected chi connectivity index (χ3v) is 8.80. The first-order chi connectivity index (χ1) is 23.8. The number of pyridine rings is 1. The van der Waals surface area contributed by atoms with Gasteiger partial charge in [0.1, 0.15) is 5.69 Å². The van der Waals surface area contributed by atoms with Crippen LogP contribution in [0, 0.1) is 0 Å². The second-order valence-corrected chi connectivity index (χ2v) is 11.8. The van der Waals surface area contributed by atoms with Crippen LogP contribution in [0.25, 0.3) is 89.0 Å². The van der Waals surface area contributed by atoms with Crippen LogP contribution in [0.4, 0.5) is 0 Å². The minimum Gasteiger partial charge on any atom is -0.244 e. The van der Waals surface area contributed by atoms with Gasteiger partial charge in [-0.25, -0.2) is 24.9 Å². The van der Waals surface area contributed by atoms with Crippen molar-refractivity contribution in [2.75, 3.05) is 0 Å². The summed E-state index contributed by atoms with van der Waals surface area (Å²) in [5, 5.41) is 5.67. The quantitative estimate of drug-likeness (QED) is 0.181. The summed E-state index contributed by atoms with van der Waals surface area (Å²) >= 11 is 0. The molecular formula is C43H27N5. The zero-order valence-corrected chi connectivity index (χ0v) is 25.8. The topological polar surface area (TPSA) is 64.5 Å². The van der Waals surface area contributed by atoms with Gasteiger partial charge in [-0.15, -0.1) is 0 Å². The molecule has 0 spiro atoms. The zero-order chi connectivity index (χ0) is 31.9. The summed E-state index contributed by atoms with van der Waals surface area (Å²) in [5.74, 6) is 1.22. The van der Waals surface area contributed by atoms with E-state index >= 15 is 0 Å². The highest BCUT2D eigenvalue weighted by Crippen LogP contribution is 2.36. The minimum atomic E-state index is 0.568. The maximum absolute atomic E-state index is 5.07. The first-order valence-electron chi connectivity index (χ1n) is 15.9. The molecule has 0 N–H and O–H groups in total. The minimum absolute atomic E-state index is 0.568. The Morgan fingerprint density at radius 1 is 0.354 bits per heavy atom. The average molecular weight is 614 g/mol. The zero-order valence-electron chi connectivity index (χ0n) is 25.8. The van der Waals surface area contributed by atoms with Crippen molar-refractivity contribution in [2.24, 2.45) is 0 Å². The van der Waals surface area contributed by atoms with E-state index in [4.69, 9.17) is 24.9 Å². The lowest BCUT2D eigenvalue weighted by Crippen LogP contribution is -1.98. The van der Waals surface area contributed by atoms with Crippen LogP contribution < -0.4 is 0 Å². The first kappa shape index (κ1) is 27.7. The fraction of sp³-hybridized carbons (Fsp3) is 0. The van der Waals surface area contributed by atoms with Gasteiger partial charge in [0.25, 0.3) is 0 Å². The highest BCUT2D eigenvalue weighted by Gasteiger charge is 2.16. The van der Waals surface area contributed by atoms with Gasteiger partial charge < -0.3 is 0 Å². The van der Waals surface area contributed by atoms with Gasteiger partial charge in [-0.05, 0) is 34.0 Å². The summed E-state index contributed by atoms with van der Waals surface area (Å²) in [5.41, 5.74) is 8.33. The molecule has 224 valence electrons. The molecule has 0 aliphatic carbocycles. The van der Waals surface area contributed by atoms with E-state index in [-0.39, 0.29) is 0 Å². The fourth-order valence-electron chi connectivity index (χ4n) is 6.40. The Morgan fingerprint density at radius 3 is 1.69 bits per heavy atom. The standard InChI is InChI=1S/C43H27N5/c1-3-11-28(12-4-1)29-19-21-31(22-20-29)38-25-39(48-42(47-38)32-14-5-2-6-15-32)33-26-44-43(45-27-33)41-36-24-23-30-13-7-8-16-34(30)40(36)35-17-9-10-18-37(35)46-41/h1-27H. The van der Waals surface area contributed by atoms with Crippen molar-refractivity contribution < 1.29 is 0 Å². The first-order valence-corrected chi connectivity index (χ1v) is 15.9. The third-order valence-electron chi connectivity index (χ3n) is 8.80. The van der Waals surface area contributed by atoms with Crippen LogP contribution in [0.15, 0.2) is 164 Å². The number of fused-ring (bicyclic) bond motifs is 5. The van der Waals surface area contributed by atoms with E-state index in [1.165, 1.54) is 16.3 Å². The van der Waals surface area contributed by atoms with Gasteiger partial charge in [0, 0.05) is 45.2 Å². The van der Waals surface area contributed by atoms with E-state index in [1.807, 2.05) is 67.0 Å². The van der Waals surface area contributed by atoms with Crippen LogP contribution in [-0.4, -0.2) is 24.9 Å². The van der Waals surface area contributed by atoms with Crippen LogP contribution in [0.3, 0.4) is 0 Å². The smallest absolute Gasteiger partial charge is 0.178 e. The summed E-state index contributed by atoms with van der Waals surface area (Å²) in [4.78, 5) is 24.8. The number of hydrogen-bond donors (Lipinski definition) is 0. The molecule has 6 aromatic carbocycles. The normalized spacial score (nSPS) is 11.3. The van der Waals surface area contributed by atoms with E-state index in [2.05, 4.69) is 97.1 Å². The van der Waals surface area contributed by atoms with Gasteiger partial charge in [0.15, 0.2) is 11.6 Å². The average Bonchev–Trinajstić information content (AvgIpc) is 3.18. The molecule has 5 nitrogen and oxygen atoms in total. The van der Waals surface area contributed by atoms with Gasteiger partial charge in [-0.3, -0.25) is 0 Å². The van der Waals surface area contributed by atoms with Gasteiger partial charge in [-0.2, -0.15) is 0 Å². The van der Waals surface area contributed by atoms with E-state index in [0.717, 1.165) is 61.0 Å². The lowest BCUT2D eigenvalue weighted by molar-refractivity contribution is 1.13. The molecule has 0 atom stereocenters. The van der Waals surface area contributed by atoms with E-state index in [9.17, 15) is 0 Å². The molecule has 0 aliphatic rings.